The number of rotatable bonds is 2. The fourth-order valence-corrected chi connectivity index (χ4v) is 2.86. The van der Waals surface area contributed by atoms with Crippen LogP contribution in [0.1, 0.15) is 10.9 Å². The van der Waals surface area contributed by atoms with Crippen LogP contribution in [0.15, 0.2) is 24.3 Å². The van der Waals surface area contributed by atoms with E-state index in [4.69, 9.17) is 0 Å². The number of hydrogen-bond donors (Lipinski definition) is 0. The maximum Gasteiger partial charge on any atom is 0.573 e. The molecule has 0 aromatic heterocycles. The Balaban J connectivity index is 2.20. The van der Waals surface area contributed by atoms with Crippen molar-refractivity contribution in [2.75, 3.05) is 12.8 Å². The molecule has 1 saturated heterocycles. The predicted octanol–water partition coefficient (Wildman–Crippen LogP) is 2.79. The van der Waals surface area contributed by atoms with Crippen LogP contribution in [0.3, 0.4) is 0 Å². The second kappa shape index (κ2) is 4.72. The molecule has 1 atom stereocenters. The number of amides is 1. The van der Waals surface area contributed by atoms with Crippen molar-refractivity contribution in [2.24, 2.45) is 0 Å². The highest BCUT2D eigenvalue weighted by Gasteiger charge is 2.33. The molecule has 1 aromatic rings. The van der Waals surface area contributed by atoms with Crippen molar-refractivity contribution < 1.29 is 22.7 Å². The second-order valence-corrected chi connectivity index (χ2v) is 4.86. The van der Waals surface area contributed by atoms with Crippen LogP contribution in [0.4, 0.5) is 13.2 Å². The van der Waals surface area contributed by atoms with Gasteiger partial charge in [0.05, 0.1) is 5.75 Å². The summed E-state index contributed by atoms with van der Waals surface area (Å²) < 4.78 is 40.1. The molecule has 0 N–H and O–H groups in total. The fraction of sp³-hybridized carbons (Fsp3) is 0.364. The highest BCUT2D eigenvalue weighted by molar-refractivity contribution is 8.00. The van der Waals surface area contributed by atoms with Crippen LogP contribution in [0.5, 0.6) is 5.75 Å². The molecule has 0 saturated carbocycles. The number of nitrogens with zero attached hydrogens (tertiary/aromatic N) is 1. The van der Waals surface area contributed by atoms with Crippen LogP contribution in [0.25, 0.3) is 0 Å². The van der Waals surface area contributed by atoms with Crippen LogP contribution < -0.4 is 4.74 Å². The first-order chi connectivity index (χ1) is 8.37. The number of hydrogen-bond acceptors (Lipinski definition) is 3. The van der Waals surface area contributed by atoms with E-state index in [0.29, 0.717) is 11.3 Å². The topological polar surface area (TPSA) is 29.5 Å². The highest BCUT2D eigenvalue weighted by Crippen LogP contribution is 2.38. The molecule has 7 heteroatoms. The van der Waals surface area contributed by atoms with Crippen molar-refractivity contribution >= 4 is 17.7 Å². The van der Waals surface area contributed by atoms with Crippen LogP contribution in [0, 0.1) is 0 Å². The largest absolute Gasteiger partial charge is 0.573 e. The molecule has 1 aromatic carbocycles. The van der Waals surface area contributed by atoms with Gasteiger partial charge in [-0.2, -0.15) is 0 Å². The summed E-state index contributed by atoms with van der Waals surface area (Å²) >= 11 is 1.38. The van der Waals surface area contributed by atoms with Gasteiger partial charge in [0.25, 0.3) is 0 Å². The minimum absolute atomic E-state index is 0.0351. The molecule has 0 radical (unpaired) electrons. The van der Waals surface area contributed by atoms with E-state index in [-0.39, 0.29) is 17.0 Å². The van der Waals surface area contributed by atoms with Crippen molar-refractivity contribution in [3.05, 3.63) is 29.8 Å². The Labute approximate surface area is 106 Å². The lowest BCUT2D eigenvalue weighted by atomic mass is 10.2. The van der Waals surface area contributed by atoms with Gasteiger partial charge in [0.1, 0.15) is 11.1 Å². The van der Waals surface area contributed by atoms with Crippen molar-refractivity contribution in [3.8, 4) is 5.75 Å². The van der Waals surface area contributed by atoms with E-state index in [1.807, 2.05) is 0 Å². The molecule has 1 amide bonds. The summed E-state index contributed by atoms with van der Waals surface area (Å²) in [7, 11) is 1.63. The minimum atomic E-state index is -4.71. The Morgan fingerprint density at radius 2 is 2.17 bits per heavy atom. The average molecular weight is 277 g/mol. The SMILES string of the molecule is CN1C(=O)CSC1c1cccc(OC(F)(F)F)c1. The quantitative estimate of drug-likeness (QED) is 0.832. The third-order valence-corrected chi connectivity index (χ3v) is 3.80. The molecule has 1 heterocycles. The molecule has 0 spiro atoms. The molecule has 0 aliphatic carbocycles. The van der Waals surface area contributed by atoms with Gasteiger partial charge in [-0.25, -0.2) is 0 Å². The molecule has 1 unspecified atom stereocenters. The first kappa shape index (κ1) is 13.1. The summed E-state index contributed by atoms with van der Waals surface area (Å²) in [6, 6.07) is 5.70. The van der Waals surface area contributed by atoms with Gasteiger partial charge in [0.15, 0.2) is 0 Å². The first-order valence-corrected chi connectivity index (χ1v) is 6.15. The zero-order valence-electron chi connectivity index (χ0n) is 9.40. The Morgan fingerprint density at radius 3 is 2.72 bits per heavy atom. The van der Waals surface area contributed by atoms with Gasteiger partial charge in [0, 0.05) is 7.05 Å². The molecule has 1 aliphatic heterocycles. The van der Waals surface area contributed by atoms with Gasteiger partial charge >= 0.3 is 6.36 Å². The van der Waals surface area contributed by atoms with Crippen LogP contribution in [-0.2, 0) is 4.79 Å². The summed E-state index contributed by atoms with van der Waals surface area (Å²) in [4.78, 5) is 12.9. The Morgan fingerprint density at radius 1 is 1.44 bits per heavy atom. The standard InChI is InChI=1S/C11H10F3NO2S/c1-15-9(16)6-18-10(15)7-3-2-4-8(5-7)17-11(12,13)14/h2-5,10H,6H2,1H3. The first-order valence-electron chi connectivity index (χ1n) is 5.10. The number of halogens is 3. The monoisotopic (exact) mass is 277 g/mol. The zero-order valence-corrected chi connectivity index (χ0v) is 10.2. The Kier molecular flexibility index (Phi) is 3.43. The van der Waals surface area contributed by atoms with E-state index in [0.717, 1.165) is 0 Å². The van der Waals surface area contributed by atoms with Gasteiger partial charge in [-0.15, -0.1) is 24.9 Å². The second-order valence-electron chi connectivity index (χ2n) is 3.79. The van der Waals surface area contributed by atoms with Gasteiger partial charge in [-0.05, 0) is 17.7 Å². The van der Waals surface area contributed by atoms with Gasteiger partial charge in [0.2, 0.25) is 5.91 Å². The zero-order chi connectivity index (χ0) is 13.3. The van der Waals surface area contributed by atoms with E-state index in [2.05, 4.69) is 4.74 Å². The molecule has 1 aliphatic rings. The van der Waals surface area contributed by atoms with Crippen LogP contribution in [0.2, 0.25) is 0 Å². The third kappa shape index (κ3) is 2.90. The van der Waals surface area contributed by atoms with E-state index in [1.165, 1.54) is 34.9 Å². The maximum atomic E-state index is 12.1. The number of alkyl halides is 3. The van der Waals surface area contributed by atoms with Crippen LogP contribution in [-0.4, -0.2) is 30.0 Å². The van der Waals surface area contributed by atoms with E-state index >= 15 is 0 Å². The number of carbonyl (C=O) groups is 1. The molecular formula is C11H10F3NO2S. The lowest BCUT2D eigenvalue weighted by Crippen LogP contribution is -2.23. The molecular weight excluding hydrogens is 267 g/mol. The lowest BCUT2D eigenvalue weighted by molar-refractivity contribution is -0.274. The van der Waals surface area contributed by atoms with Gasteiger partial charge in [-0.3, -0.25) is 4.79 Å². The maximum absolute atomic E-state index is 12.1. The normalized spacial score (nSPS) is 20.3. The van der Waals surface area contributed by atoms with Gasteiger partial charge < -0.3 is 9.64 Å². The van der Waals surface area contributed by atoms with Crippen molar-refractivity contribution in [1.82, 2.24) is 4.90 Å². The summed E-state index contributed by atoms with van der Waals surface area (Å²) in [5.74, 6) is 0.0337. The Bertz CT molecular complexity index is 464. The van der Waals surface area contributed by atoms with E-state index in [9.17, 15) is 18.0 Å². The lowest BCUT2D eigenvalue weighted by Gasteiger charge is -2.19. The summed E-state index contributed by atoms with van der Waals surface area (Å²) in [6.07, 6.45) is -4.71. The third-order valence-electron chi connectivity index (χ3n) is 2.49. The number of carbonyl (C=O) groups excluding carboxylic acids is 1. The van der Waals surface area contributed by atoms with Crippen molar-refractivity contribution in [1.29, 1.82) is 0 Å². The van der Waals surface area contributed by atoms with Crippen molar-refractivity contribution in [2.45, 2.75) is 11.7 Å². The number of thioether (sulfide) groups is 1. The minimum Gasteiger partial charge on any atom is -0.406 e. The number of ether oxygens (including phenoxy) is 1. The smallest absolute Gasteiger partial charge is 0.406 e. The summed E-state index contributed by atoms with van der Waals surface area (Å²) in [6.45, 7) is 0. The fourth-order valence-electron chi connectivity index (χ4n) is 1.68. The van der Waals surface area contributed by atoms with Crippen molar-refractivity contribution in [3.63, 3.8) is 0 Å². The predicted molar refractivity (Wildman–Crippen MR) is 61.1 cm³/mol. The molecule has 98 valence electrons. The molecule has 18 heavy (non-hydrogen) atoms. The van der Waals surface area contributed by atoms with Gasteiger partial charge in [-0.1, -0.05) is 12.1 Å². The molecule has 3 nitrogen and oxygen atoms in total. The van der Waals surface area contributed by atoms with E-state index in [1.54, 1.807) is 13.1 Å². The number of benzene rings is 1. The highest BCUT2D eigenvalue weighted by atomic mass is 32.2. The van der Waals surface area contributed by atoms with E-state index < -0.39 is 6.36 Å². The van der Waals surface area contributed by atoms with Crippen LogP contribution >= 0.6 is 11.8 Å². The average Bonchev–Trinajstić information content (AvgIpc) is 2.58. The Hall–Kier alpha value is -1.37. The molecule has 2 rings (SSSR count). The molecule has 0 bridgehead atoms. The summed E-state index contributed by atoms with van der Waals surface area (Å²) in [5, 5.41) is -0.255. The molecule has 1 fully saturated rings. The summed E-state index contributed by atoms with van der Waals surface area (Å²) in [5.41, 5.74) is 0.620.